The predicted molar refractivity (Wildman–Crippen MR) is 131 cm³/mol. The number of carbonyl (C=O) groups is 1. The van der Waals surface area contributed by atoms with Crippen molar-refractivity contribution in [3.05, 3.63) is 87.7 Å². The molecular formula is C26H22ClF4N5O2. The Bertz CT molecular complexity index is 1530. The zero-order chi connectivity index (χ0) is 27.1. The van der Waals surface area contributed by atoms with Gasteiger partial charge < -0.3 is 10.0 Å². The molecule has 7 nitrogen and oxygen atoms in total. The summed E-state index contributed by atoms with van der Waals surface area (Å²) in [6, 6.07) is 7.56. The Morgan fingerprint density at radius 3 is 2.53 bits per heavy atom. The molecule has 0 aliphatic carbocycles. The summed E-state index contributed by atoms with van der Waals surface area (Å²) in [6.45, 7) is 2.52. The van der Waals surface area contributed by atoms with Crippen molar-refractivity contribution in [1.82, 2.24) is 24.4 Å². The molecule has 1 fully saturated rings. The maximum atomic E-state index is 15.0. The summed E-state index contributed by atoms with van der Waals surface area (Å²) in [7, 11) is 0. The molecule has 0 spiro atoms. The third-order valence-electron chi connectivity index (χ3n) is 6.61. The molecule has 0 bridgehead atoms. The van der Waals surface area contributed by atoms with Gasteiger partial charge in [-0.05, 0) is 18.6 Å². The van der Waals surface area contributed by atoms with Gasteiger partial charge in [-0.25, -0.2) is 22.5 Å². The first-order valence-electron chi connectivity index (χ1n) is 11.8. The van der Waals surface area contributed by atoms with Crippen LogP contribution in [0.4, 0.5) is 17.6 Å². The van der Waals surface area contributed by atoms with Crippen LogP contribution in [0.3, 0.4) is 0 Å². The lowest BCUT2D eigenvalue weighted by Crippen LogP contribution is -2.53. The Labute approximate surface area is 219 Å². The van der Waals surface area contributed by atoms with E-state index in [1.807, 2.05) is 0 Å². The first-order valence-corrected chi connectivity index (χ1v) is 12.2. The van der Waals surface area contributed by atoms with Crippen molar-refractivity contribution >= 4 is 23.2 Å². The monoisotopic (exact) mass is 547 g/mol. The zero-order valence-corrected chi connectivity index (χ0v) is 20.9. The molecule has 12 heteroatoms. The van der Waals surface area contributed by atoms with Crippen molar-refractivity contribution in [2.75, 3.05) is 19.6 Å². The molecule has 1 N–H and O–H groups in total. The fraction of sp³-hybridized carbons (Fsp3) is 0.269. The van der Waals surface area contributed by atoms with Crippen molar-refractivity contribution in [3.8, 4) is 11.3 Å². The Kier molecular flexibility index (Phi) is 7.08. The van der Waals surface area contributed by atoms with Gasteiger partial charge in [-0.1, -0.05) is 35.9 Å². The van der Waals surface area contributed by atoms with Crippen LogP contribution in [0.2, 0.25) is 5.15 Å². The van der Waals surface area contributed by atoms with Gasteiger partial charge in [0.05, 0.1) is 12.8 Å². The predicted octanol–water partition coefficient (Wildman–Crippen LogP) is 4.44. The number of aromatic nitrogens is 3. The molecule has 5 rings (SSSR count). The molecule has 198 valence electrons. The van der Waals surface area contributed by atoms with Gasteiger partial charge in [0.15, 0.2) is 28.3 Å². The quantitative estimate of drug-likeness (QED) is 0.227. The lowest BCUT2D eigenvalue weighted by Gasteiger charge is -2.39. The van der Waals surface area contributed by atoms with Crippen LogP contribution < -0.4 is 0 Å². The number of aliphatic hydroxyl groups is 1. The molecule has 38 heavy (non-hydrogen) atoms. The molecule has 2 aromatic heterocycles. The third kappa shape index (κ3) is 4.72. The minimum absolute atomic E-state index is 0.0154. The van der Waals surface area contributed by atoms with Gasteiger partial charge >= 0.3 is 0 Å². The standard InChI is InChI=1S/C26H22ClF4N5O2/c1-14-11-34(12-17-8-18(28)9-20(29)21(17)30)6-7-35(14)26(38)19-10-32-36-24(27)22(31)23(33-25(19)36)16-4-2-15(13-37)3-5-16/h2-5,8-10,14,37H,6-7,11-13H2,1H3/t14-/m1/s1. The highest BCUT2D eigenvalue weighted by molar-refractivity contribution is 6.30. The SMILES string of the molecule is C[C@@H]1CN(Cc2cc(F)cc(F)c2F)CCN1C(=O)c1cnn2c(Cl)c(F)c(-c3ccc(CO)cc3)nc12. The number of benzene rings is 2. The maximum absolute atomic E-state index is 15.0. The molecule has 1 atom stereocenters. The number of amides is 1. The average molecular weight is 548 g/mol. The second kappa shape index (κ2) is 10.3. The van der Waals surface area contributed by atoms with E-state index >= 15 is 4.39 Å². The van der Waals surface area contributed by atoms with Gasteiger partial charge in [-0.2, -0.15) is 9.61 Å². The van der Waals surface area contributed by atoms with E-state index in [4.69, 9.17) is 11.6 Å². The van der Waals surface area contributed by atoms with Crippen molar-refractivity contribution in [1.29, 1.82) is 0 Å². The Morgan fingerprint density at radius 1 is 1.11 bits per heavy atom. The number of aliphatic hydroxyl groups excluding tert-OH is 1. The summed E-state index contributed by atoms with van der Waals surface area (Å²) in [6.07, 6.45) is 1.28. The maximum Gasteiger partial charge on any atom is 0.259 e. The Balaban J connectivity index is 1.39. The molecule has 0 radical (unpaired) electrons. The summed E-state index contributed by atoms with van der Waals surface area (Å²) in [5.41, 5.74) is 1.08. The molecule has 3 heterocycles. The largest absolute Gasteiger partial charge is 0.392 e. The van der Waals surface area contributed by atoms with Crippen LogP contribution in [0.5, 0.6) is 0 Å². The molecule has 1 aliphatic heterocycles. The van der Waals surface area contributed by atoms with Crippen LogP contribution in [0.1, 0.15) is 28.4 Å². The highest BCUT2D eigenvalue weighted by Gasteiger charge is 2.31. The molecule has 1 amide bonds. The fourth-order valence-corrected chi connectivity index (χ4v) is 4.86. The van der Waals surface area contributed by atoms with Crippen molar-refractivity contribution in [3.63, 3.8) is 0 Å². The van der Waals surface area contributed by atoms with Crippen LogP contribution >= 0.6 is 11.6 Å². The number of fused-ring (bicyclic) bond motifs is 1. The molecule has 0 unspecified atom stereocenters. The highest BCUT2D eigenvalue weighted by atomic mass is 35.5. The molecule has 2 aromatic carbocycles. The van der Waals surface area contributed by atoms with E-state index in [1.165, 1.54) is 6.20 Å². The smallest absolute Gasteiger partial charge is 0.259 e. The van der Waals surface area contributed by atoms with Gasteiger partial charge in [0, 0.05) is 49.4 Å². The van der Waals surface area contributed by atoms with E-state index in [1.54, 1.807) is 41.0 Å². The minimum atomic E-state index is -1.25. The minimum Gasteiger partial charge on any atom is -0.392 e. The number of rotatable bonds is 5. The topological polar surface area (TPSA) is 74.0 Å². The van der Waals surface area contributed by atoms with Crippen molar-refractivity contribution in [2.45, 2.75) is 26.1 Å². The van der Waals surface area contributed by atoms with Gasteiger partial charge in [0.2, 0.25) is 0 Å². The number of hydrogen-bond acceptors (Lipinski definition) is 5. The second-order valence-electron chi connectivity index (χ2n) is 9.16. The summed E-state index contributed by atoms with van der Waals surface area (Å²) < 4.78 is 57.4. The highest BCUT2D eigenvalue weighted by Crippen LogP contribution is 2.29. The van der Waals surface area contributed by atoms with Crippen LogP contribution in [0, 0.1) is 23.3 Å². The second-order valence-corrected chi connectivity index (χ2v) is 9.52. The van der Waals surface area contributed by atoms with Crippen LogP contribution in [-0.4, -0.2) is 61.1 Å². The summed E-state index contributed by atoms with van der Waals surface area (Å²) in [4.78, 5) is 21.3. The van der Waals surface area contributed by atoms with E-state index < -0.39 is 29.2 Å². The zero-order valence-electron chi connectivity index (χ0n) is 20.1. The lowest BCUT2D eigenvalue weighted by atomic mass is 10.1. The first kappa shape index (κ1) is 26.1. The Hall–Kier alpha value is -3.54. The van der Waals surface area contributed by atoms with Crippen LogP contribution in [0.15, 0.2) is 42.6 Å². The van der Waals surface area contributed by atoms with E-state index in [0.29, 0.717) is 30.3 Å². The number of piperazine rings is 1. The van der Waals surface area contributed by atoms with Gasteiger partial charge in [0.1, 0.15) is 17.1 Å². The van der Waals surface area contributed by atoms with Gasteiger partial charge in [-0.3, -0.25) is 9.69 Å². The summed E-state index contributed by atoms with van der Waals surface area (Å²) in [5, 5.41) is 13.0. The van der Waals surface area contributed by atoms with Crippen LogP contribution in [0.25, 0.3) is 16.9 Å². The van der Waals surface area contributed by atoms with E-state index in [-0.39, 0.29) is 53.4 Å². The van der Waals surface area contributed by atoms with Gasteiger partial charge in [0.25, 0.3) is 5.91 Å². The van der Waals surface area contributed by atoms with Crippen molar-refractivity contribution < 1.29 is 27.5 Å². The molecular weight excluding hydrogens is 526 g/mol. The number of hydrogen-bond donors (Lipinski definition) is 1. The fourth-order valence-electron chi connectivity index (χ4n) is 4.65. The van der Waals surface area contributed by atoms with Crippen molar-refractivity contribution in [2.24, 2.45) is 0 Å². The number of nitrogens with zero attached hydrogens (tertiary/aromatic N) is 5. The number of carbonyl (C=O) groups excluding carboxylic acids is 1. The average Bonchev–Trinajstić information content (AvgIpc) is 3.33. The van der Waals surface area contributed by atoms with E-state index in [9.17, 15) is 23.1 Å². The molecule has 1 saturated heterocycles. The summed E-state index contributed by atoms with van der Waals surface area (Å²) in [5.74, 6) is -4.41. The van der Waals surface area contributed by atoms with E-state index in [2.05, 4.69) is 10.1 Å². The molecule has 0 saturated carbocycles. The first-order chi connectivity index (χ1) is 18.2. The Morgan fingerprint density at radius 2 is 1.84 bits per heavy atom. The van der Waals surface area contributed by atoms with Crippen LogP contribution in [-0.2, 0) is 13.2 Å². The third-order valence-corrected chi connectivity index (χ3v) is 6.94. The van der Waals surface area contributed by atoms with Gasteiger partial charge in [-0.15, -0.1) is 0 Å². The molecule has 4 aromatic rings. The number of halogens is 5. The summed E-state index contributed by atoms with van der Waals surface area (Å²) >= 11 is 6.23. The normalized spacial score (nSPS) is 16.4. The van der Waals surface area contributed by atoms with E-state index in [0.717, 1.165) is 10.6 Å². The molecule has 1 aliphatic rings. The lowest BCUT2D eigenvalue weighted by molar-refractivity contribution is 0.0474.